The van der Waals surface area contributed by atoms with Crippen molar-refractivity contribution in [1.29, 1.82) is 0 Å². The third-order valence-corrected chi connectivity index (χ3v) is 7.04. The number of pyridine rings is 1. The van der Waals surface area contributed by atoms with Crippen LogP contribution in [0.4, 0.5) is 4.79 Å². The van der Waals surface area contributed by atoms with E-state index in [-0.39, 0.29) is 11.9 Å². The van der Waals surface area contributed by atoms with E-state index in [1.807, 2.05) is 20.8 Å². The predicted molar refractivity (Wildman–Crippen MR) is 140 cm³/mol. The summed E-state index contributed by atoms with van der Waals surface area (Å²) in [5.74, 6) is -0.0919. The van der Waals surface area contributed by atoms with Crippen LogP contribution in [0.3, 0.4) is 0 Å². The number of rotatable bonds is 12. The molecule has 2 heterocycles. The van der Waals surface area contributed by atoms with Crippen LogP contribution in [-0.2, 0) is 0 Å². The molecule has 1 aliphatic heterocycles. The quantitative estimate of drug-likeness (QED) is 0.319. The van der Waals surface area contributed by atoms with Crippen LogP contribution in [0.15, 0.2) is 6.07 Å². The van der Waals surface area contributed by atoms with E-state index in [1.165, 1.54) is 19.3 Å². The summed E-state index contributed by atoms with van der Waals surface area (Å²) in [7, 11) is 0. The molecule has 0 spiro atoms. The molecule has 3 amide bonds. The largest absolute Gasteiger partial charge is 0.352 e. The average Bonchev–Trinajstić information content (AvgIpc) is 2.78. The molecule has 1 saturated heterocycles. The topological polar surface area (TPSA) is 77.6 Å². The molecule has 0 saturated carbocycles. The predicted octanol–water partition coefficient (Wildman–Crippen LogP) is 4.94. The summed E-state index contributed by atoms with van der Waals surface area (Å²) in [6.45, 7) is 14.2. The van der Waals surface area contributed by atoms with Crippen molar-refractivity contribution in [3.05, 3.63) is 28.0 Å². The first-order chi connectivity index (χ1) is 16.3. The van der Waals surface area contributed by atoms with Gasteiger partial charge in [0.2, 0.25) is 0 Å². The first-order valence-corrected chi connectivity index (χ1v) is 13.4. The fraction of sp³-hybridized carbons (Fsp3) is 0.731. The van der Waals surface area contributed by atoms with E-state index < -0.39 is 0 Å². The first kappa shape index (κ1) is 28.4. The SMILES string of the molecule is CCCCCCN(C(=O)NCC)C1CCN([C@H](C)CCNC(=O)c2c(C)cc(Cl)nc2C)CC1. The molecule has 1 fully saturated rings. The Hall–Kier alpha value is -1.86. The minimum absolute atomic E-state index is 0.0792. The molecule has 0 aliphatic carbocycles. The summed E-state index contributed by atoms with van der Waals surface area (Å²) in [4.78, 5) is 34.1. The Morgan fingerprint density at radius 3 is 2.50 bits per heavy atom. The fourth-order valence-electron chi connectivity index (χ4n) is 4.84. The lowest BCUT2D eigenvalue weighted by molar-refractivity contribution is 0.0913. The van der Waals surface area contributed by atoms with Crippen LogP contribution in [0.1, 0.15) is 87.3 Å². The summed E-state index contributed by atoms with van der Waals surface area (Å²) in [6, 6.07) is 2.48. The fourth-order valence-corrected chi connectivity index (χ4v) is 5.13. The average molecular weight is 494 g/mol. The summed E-state index contributed by atoms with van der Waals surface area (Å²) in [5.41, 5.74) is 2.11. The molecular formula is C26H44ClN5O2. The van der Waals surface area contributed by atoms with Crippen molar-refractivity contribution in [3.8, 4) is 0 Å². The van der Waals surface area contributed by atoms with Crippen LogP contribution >= 0.6 is 11.6 Å². The Morgan fingerprint density at radius 1 is 1.18 bits per heavy atom. The Morgan fingerprint density at radius 2 is 1.88 bits per heavy atom. The normalized spacial score (nSPS) is 15.7. The van der Waals surface area contributed by atoms with Gasteiger partial charge in [-0.05, 0) is 65.0 Å². The van der Waals surface area contributed by atoms with E-state index >= 15 is 0 Å². The zero-order valence-corrected chi connectivity index (χ0v) is 22.5. The lowest BCUT2D eigenvalue weighted by Gasteiger charge is -2.40. The van der Waals surface area contributed by atoms with Crippen LogP contribution < -0.4 is 10.6 Å². The molecule has 8 heteroatoms. The van der Waals surface area contributed by atoms with Crippen molar-refractivity contribution in [2.45, 2.75) is 91.6 Å². The van der Waals surface area contributed by atoms with E-state index in [2.05, 4.69) is 39.3 Å². The highest BCUT2D eigenvalue weighted by atomic mass is 35.5. The summed E-state index contributed by atoms with van der Waals surface area (Å²) < 4.78 is 0. The van der Waals surface area contributed by atoms with Crippen molar-refractivity contribution < 1.29 is 9.59 Å². The van der Waals surface area contributed by atoms with Gasteiger partial charge in [-0.25, -0.2) is 9.78 Å². The zero-order chi connectivity index (χ0) is 25.1. The summed E-state index contributed by atoms with van der Waals surface area (Å²) >= 11 is 5.99. The molecule has 1 aromatic heterocycles. The number of nitrogens with zero attached hydrogens (tertiary/aromatic N) is 3. The van der Waals surface area contributed by atoms with Crippen molar-refractivity contribution >= 4 is 23.5 Å². The highest BCUT2D eigenvalue weighted by Crippen LogP contribution is 2.21. The van der Waals surface area contributed by atoms with Gasteiger partial charge < -0.3 is 20.4 Å². The second-order valence-electron chi connectivity index (χ2n) is 9.47. The monoisotopic (exact) mass is 493 g/mol. The Kier molecular flexibility index (Phi) is 12.1. The molecule has 0 bridgehead atoms. The summed E-state index contributed by atoms with van der Waals surface area (Å²) in [6.07, 6.45) is 7.55. The van der Waals surface area contributed by atoms with E-state index in [0.717, 1.165) is 50.9 Å². The molecule has 0 unspecified atom stereocenters. The number of carbonyl (C=O) groups excluding carboxylic acids is 2. The van der Waals surface area contributed by atoms with Crippen LogP contribution in [0.2, 0.25) is 5.15 Å². The number of urea groups is 1. The smallest absolute Gasteiger partial charge is 0.317 e. The minimum Gasteiger partial charge on any atom is -0.352 e. The third kappa shape index (κ3) is 8.42. The van der Waals surface area contributed by atoms with Gasteiger partial charge >= 0.3 is 6.03 Å². The number of likely N-dealkylation sites (tertiary alicyclic amines) is 1. The van der Waals surface area contributed by atoms with Gasteiger partial charge in [-0.15, -0.1) is 0 Å². The second kappa shape index (κ2) is 14.5. The van der Waals surface area contributed by atoms with Gasteiger partial charge in [0.1, 0.15) is 5.15 Å². The molecule has 2 N–H and O–H groups in total. The molecule has 1 aromatic rings. The number of aromatic nitrogens is 1. The van der Waals surface area contributed by atoms with Crippen LogP contribution in [0.25, 0.3) is 0 Å². The summed E-state index contributed by atoms with van der Waals surface area (Å²) in [5, 5.41) is 6.46. The Bertz CT molecular complexity index is 772. The molecule has 7 nitrogen and oxygen atoms in total. The van der Waals surface area contributed by atoms with Gasteiger partial charge in [-0.3, -0.25) is 4.79 Å². The van der Waals surface area contributed by atoms with Gasteiger partial charge in [0, 0.05) is 44.8 Å². The number of unbranched alkanes of at least 4 members (excludes halogenated alkanes) is 3. The van der Waals surface area contributed by atoms with Crippen LogP contribution in [-0.4, -0.2) is 71.5 Å². The maximum atomic E-state index is 12.7. The number of piperidine rings is 1. The van der Waals surface area contributed by atoms with E-state index in [1.54, 1.807) is 6.07 Å². The number of halogens is 1. The minimum atomic E-state index is -0.0919. The molecular weight excluding hydrogens is 450 g/mol. The van der Waals surface area contributed by atoms with E-state index in [9.17, 15) is 9.59 Å². The first-order valence-electron chi connectivity index (χ1n) is 13.0. The molecule has 1 aliphatic rings. The number of nitrogens with one attached hydrogen (secondary N) is 2. The van der Waals surface area contributed by atoms with Gasteiger partial charge in [0.05, 0.1) is 11.3 Å². The maximum Gasteiger partial charge on any atom is 0.317 e. The molecule has 2 rings (SSSR count). The van der Waals surface area contributed by atoms with Gasteiger partial charge in [-0.1, -0.05) is 37.8 Å². The molecule has 192 valence electrons. The number of carbonyl (C=O) groups is 2. The lowest BCUT2D eigenvalue weighted by Crippen LogP contribution is -2.52. The lowest BCUT2D eigenvalue weighted by atomic mass is 10.0. The standard InChI is InChI=1S/C26H44ClN5O2/c1-6-8-9-10-15-32(26(34)28-7-2)22-12-16-31(17-13-22)20(4)11-14-29-25(33)24-19(3)18-23(27)30-21(24)5/h18,20,22H,6-17H2,1-5H3,(H,28,34)(H,29,33)/t20-/m1/s1. The number of hydrogen-bond donors (Lipinski definition) is 2. The third-order valence-electron chi connectivity index (χ3n) is 6.85. The molecule has 0 aromatic carbocycles. The van der Waals surface area contributed by atoms with Crippen molar-refractivity contribution in [1.82, 2.24) is 25.4 Å². The number of aryl methyl sites for hydroxylation is 2. The van der Waals surface area contributed by atoms with Gasteiger partial charge in [-0.2, -0.15) is 0 Å². The Balaban J connectivity index is 1.81. The van der Waals surface area contributed by atoms with Crippen LogP contribution in [0, 0.1) is 13.8 Å². The van der Waals surface area contributed by atoms with Crippen molar-refractivity contribution in [3.63, 3.8) is 0 Å². The molecule has 0 radical (unpaired) electrons. The number of amides is 3. The van der Waals surface area contributed by atoms with Crippen molar-refractivity contribution in [2.75, 3.05) is 32.7 Å². The Labute approximate surface area is 211 Å². The second-order valence-corrected chi connectivity index (χ2v) is 9.86. The molecule has 1 atom stereocenters. The van der Waals surface area contributed by atoms with E-state index in [0.29, 0.717) is 41.6 Å². The highest BCUT2D eigenvalue weighted by molar-refractivity contribution is 6.29. The number of hydrogen-bond acceptors (Lipinski definition) is 4. The maximum absolute atomic E-state index is 12.7. The van der Waals surface area contributed by atoms with Crippen LogP contribution in [0.5, 0.6) is 0 Å². The van der Waals surface area contributed by atoms with E-state index in [4.69, 9.17) is 11.6 Å². The zero-order valence-electron chi connectivity index (χ0n) is 21.8. The highest BCUT2D eigenvalue weighted by Gasteiger charge is 2.29. The molecule has 34 heavy (non-hydrogen) atoms. The van der Waals surface area contributed by atoms with Crippen molar-refractivity contribution in [2.24, 2.45) is 0 Å². The van der Waals surface area contributed by atoms with Gasteiger partial charge in [0.15, 0.2) is 0 Å². The van der Waals surface area contributed by atoms with Gasteiger partial charge in [0.25, 0.3) is 5.91 Å².